The average molecular weight is 364 g/mol. The molecular formula is C23H28N2O2. The molecular weight excluding hydrogens is 336 g/mol. The minimum Gasteiger partial charge on any atom is -0.467 e. The van der Waals surface area contributed by atoms with Crippen LogP contribution in [0, 0.1) is 0 Å². The summed E-state index contributed by atoms with van der Waals surface area (Å²) in [7, 11) is 0. The number of nitrogens with one attached hydrogen (secondary N) is 1. The zero-order valence-corrected chi connectivity index (χ0v) is 16.4. The van der Waals surface area contributed by atoms with Crippen LogP contribution in [-0.2, 0) is 12.0 Å². The molecule has 4 heteroatoms. The van der Waals surface area contributed by atoms with Gasteiger partial charge in [-0.05, 0) is 28.7 Å². The fraction of sp³-hybridized carbons (Fsp3) is 0.435. The van der Waals surface area contributed by atoms with Crippen molar-refractivity contribution in [1.29, 1.82) is 0 Å². The molecule has 2 aromatic carbocycles. The largest absolute Gasteiger partial charge is 0.467 e. The Hall–Kier alpha value is -2.33. The van der Waals surface area contributed by atoms with E-state index in [1.165, 1.54) is 11.1 Å². The molecule has 142 valence electrons. The van der Waals surface area contributed by atoms with E-state index in [4.69, 9.17) is 4.74 Å². The molecule has 0 aromatic heterocycles. The van der Waals surface area contributed by atoms with Crippen molar-refractivity contribution in [3.8, 4) is 5.75 Å². The van der Waals surface area contributed by atoms with Crippen LogP contribution in [0.15, 0.2) is 48.5 Å². The number of fused-ring (bicyclic) bond motifs is 1. The first kappa shape index (κ1) is 18.1. The molecule has 2 aromatic rings. The standard InChI is InChI=1S/C23H28N2O2/c1-22(2,3)18-10-8-17(9-11-18)16-25-14-12-23(13-15-25)24-21(26)19-6-4-5-7-20(19)27-23/h4-11H,12-16H2,1-3H3,(H,24,26). The third-order valence-electron chi connectivity index (χ3n) is 5.67. The van der Waals surface area contributed by atoms with Crippen molar-refractivity contribution in [2.45, 2.75) is 51.3 Å². The van der Waals surface area contributed by atoms with Crippen molar-refractivity contribution in [3.05, 3.63) is 65.2 Å². The maximum absolute atomic E-state index is 12.4. The van der Waals surface area contributed by atoms with E-state index in [9.17, 15) is 4.79 Å². The van der Waals surface area contributed by atoms with E-state index in [2.05, 4.69) is 55.3 Å². The zero-order valence-electron chi connectivity index (χ0n) is 16.4. The Morgan fingerprint density at radius 2 is 1.70 bits per heavy atom. The van der Waals surface area contributed by atoms with E-state index in [0.29, 0.717) is 11.3 Å². The monoisotopic (exact) mass is 364 g/mol. The summed E-state index contributed by atoms with van der Waals surface area (Å²) in [4.78, 5) is 14.9. The van der Waals surface area contributed by atoms with Gasteiger partial charge in [-0.1, -0.05) is 57.2 Å². The van der Waals surface area contributed by atoms with Crippen molar-refractivity contribution < 1.29 is 9.53 Å². The molecule has 2 aliphatic heterocycles. The van der Waals surface area contributed by atoms with Gasteiger partial charge in [0, 0.05) is 32.5 Å². The van der Waals surface area contributed by atoms with E-state index in [0.717, 1.165) is 32.5 Å². The Labute approximate surface area is 161 Å². The maximum Gasteiger partial charge on any atom is 0.258 e. The van der Waals surface area contributed by atoms with Gasteiger partial charge in [0.15, 0.2) is 5.72 Å². The fourth-order valence-corrected chi connectivity index (χ4v) is 3.92. The van der Waals surface area contributed by atoms with Crippen LogP contribution >= 0.6 is 0 Å². The van der Waals surface area contributed by atoms with Crippen LogP contribution in [0.25, 0.3) is 0 Å². The molecule has 0 saturated carbocycles. The third-order valence-corrected chi connectivity index (χ3v) is 5.67. The lowest BCUT2D eigenvalue weighted by atomic mass is 9.86. The summed E-state index contributed by atoms with van der Waals surface area (Å²) < 4.78 is 6.22. The van der Waals surface area contributed by atoms with Gasteiger partial charge >= 0.3 is 0 Å². The molecule has 0 radical (unpaired) electrons. The highest BCUT2D eigenvalue weighted by atomic mass is 16.5. The van der Waals surface area contributed by atoms with Crippen LogP contribution in [0.3, 0.4) is 0 Å². The summed E-state index contributed by atoms with van der Waals surface area (Å²) in [5.41, 5.74) is 2.95. The zero-order chi connectivity index (χ0) is 19.1. The first-order valence-corrected chi connectivity index (χ1v) is 9.77. The highest BCUT2D eigenvalue weighted by Crippen LogP contribution is 2.33. The van der Waals surface area contributed by atoms with E-state index in [1.807, 2.05) is 24.3 Å². The summed E-state index contributed by atoms with van der Waals surface area (Å²) in [6.07, 6.45) is 1.60. The number of ether oxygens (including phenoxy) is 1. The van der Waals surface area contributed by atoms with Crippen LogP contribution in [0.2, 0.25) is 0 Å². The number of carbonyl (C=O) groups is 1. The van der Waals surface area contributed by atoms with E-state index in [1.54, 1.807) is 0 Å². The van der Waals surface area contributed by atoms with Gasteiger partial charge in [-0.2, -0.15) is 0 Å². The van der Waals surface area contributed by atoms with Crippen LogP contribution in [0.4, 0.5) is 0 Å². The molecule has 1 N–H and O–H groups in total. The lowest BCUT2D eigenvalue weighted by Crippen LogP contribution is -2.60. The minimum atomic E-state index is -0.558. The predicted molar refractivity (Wildman–Crippen MR) is 107 cm³/mol. The molecule has 1 saturated heterocycles. The Bertz CT molecular complexity index is 828. The van der Waals surface area contributed by atoms with Crippen molar-refractivity contribution in [3.63, 3.8) is 0 Å². The first-order chi connectivity index (χ1) is 12.8. The topological polar surface area (TPSA) is 41.6 Å². The summed E-state index contributed by atoms with van der Waals surface area (Å²) in [5, 5.41) is 3.11. The van der Waals surface area contributed by atoms with Gasteiger partial charge in [0.05, 0.1) is 5.56 Å². The number of benzene rings is 2. The second-order valence-corrected chi connectivity index (χ2v) is 8.77. The summed E-state index contributed by atoms with van der Waals surface area (Å²) in [5.74, 6) is 0.676. The number of hydrogen-bond acceptors (Lipinski definition) is 3. The molecule has 2 aliphatic rings. The second kappa shape index (κ2) is 6.68. The molecule has 4 rings (SSSR count). The van der Waals surface area contributed by atoms with E-state index >= 15 is 0 Å². The minimum absolute atomic E-state index is 0.0249. The smallest absolute Gasteiger partial charge is 0.258 e. The van der Waals surface area contributed by atoms with Crippen molar-refractivity contribution in [2.75, 3.05) is 13.1 Å². The number of hydrogen-bond donors (Lipinski definition) is 1. The van der Waals surface area contributed by atoms with E-state index < -0.39 is 5.72 Å². The highest BCUT2D eigenvalue weighted by molar-refractivity contribution is 5.98. The second-order valence-electron chi connectivity index (χ2n) is 8.77. The first-order valence-electron chi connectivity index (χ1n) is 9.77. The Kier molecular flexibility index (Phi) is 4.47. The fourth-order valence-electron chi connectivity index (χ4n) is 3.92. The number of para-hydroxylation sites is 1. The highest BCUT2D eigenvalue weighted by Gasteiger charge is 2.42. The van der Waals surface area contributed by atoms with Gasteiger partial charge in [0.2, 0.25) is 0 Å². The van der Waals surface area contributed by atoms with Crippen LogP contribution in [0.5, 0.6) is 5.75 Å². The summed E-state index contributed by atoms with van der Waals surface area (Å²) in [6, 6.07) is 16.4. The van der Waals surface area contributed by atoms with Crippen molar-refractivity contribution >= 4 is 5.91 Å². The molecule has 4 nitrogen and oxygen atoms in total. The van der Waals surface area contributed by atoms with Gasteiger partial charge < -0.3 is 10.1 Å². The van der Waals surface area contributed by atoms with Gasteiger partial charge in [-0.15, -0.1) is 0 Å². The van der Waals surface area contributed by atoms with Gasteiger partial charge in [-0.25, -0.2) is 0 Å². The number of amides is 1. The molecule has 27 heavy (non-hydrogen) atoms. The normalized spacial score (nSPS) is 19.3. The van der Waals surface area contributed by atoms with Crippen molar-refractivity contribution in [2.24, 2.45) is 0 Å². The molecule has 0 aliphatic carbocycles. The molecule has 0 atom stereocenters. The molecule has 1 fully saturated rings. The third kappa shape index (κ3) is 3.72. The quantitative estimate of drug-likeness (QED) is 0.872. The molecule has 1 amide bonds. The number of likely N-dealkylation sites (tertiary alicyclic amines) is 1. The molecule has 0 bridgehead atoms. The summed E-state index contributed by atoms with van der Waals surface area (Å²) >= 11 is 0. The number of rotatable bonds is 2. The van der Waals surface area contributed by atoms with Gasteiger partial charge in [-0.3, -0.25) is 9.69 Å². The molecule has 1 spiro atoms. The van der Waals surface area contributed by atoms with Gasteiger partial charge in [0.1, 0.15) is 5.75 Å². The van der Waals surface area contributed by atoms with Gasteiger partial charge in [0.25, 0.3) is 5.91 Å². The van der Waals surface area contributed by atoms with Crippen molar-refractivity contribution in [1.82, 2.24) is 10.2 Å². The van der Waals surface area contributed by atoms with Crippen LogP contribution in [0.1, 0.15) is 55.1 Å². The maximum atomic E-state index is 12.4. The lowest BCUT2D eigenvalue weighted by molar-refractivity contribution is -0.0304. The van der Waals surface area contributed by atoms with Crippen LogP contribution in [-0.4, -0.2) is 29.6 Å². The summed E-state index contributed by atoms with van der Waals surface area (Å²) in [6.45, 7) is 9.46. The lowest BCUT2D eigenvalue weighted by Gasteiger charge is -2.44. The SMILES string of the molecule is CC(C)(C)c1ccc(CN2CCC3(CC2)NC(=O)c2ccccc2O3)cc1. The Balaban J connectivity index is 1.39. The Morgan fingerprint density at radius 3 is 2.37 bits per heavy atom. The average Bonchev–Trinajstić information content (AvgIpc) is 2.64. The number of piperidine rings is 1. The predicted octanol–water partition coefficient (Wildman–Crippen LogP) is 4.10. The Morgan fingerprint density at radius 1 is 1.04 bits per heavy atom. The van der Waals surface area contributed by atoms with E-state index in [-0.39, 0.29) is 11.3 Å². The van der Waals surface area contributed by atoms with Crippen LogP contribution < -0.4 is 10.1 Å². The molecule has 2 heterocycles. The number of carbonyl (C=O) groups excluding carboxylic acids is 1. The number of nitrogens with zero attached hydrogens (tertiary/aromatic N) is 1. The molecule has 0 unspecified atom stereocenters.